The number of carbonyl (C=O) groups excluding carboxylic acids is 2. The predicted molar refractivity (Wildman–Crippen MR) is 138 cm³/mol. The van der Waals surface area contributed by atoms with E-state index in [2.05, 4.69) is 21.5 Å². The van der Waals surface area contributed by atoms with E-state index in [1.165, 1.54) is 10.8 Å². The monoisotopic (exact) mass is 518 g/mol. The number of pyridine rings is 2. The first-order valence-corrected chi connectivity index (χ1v) is 11.4. The zero-order valence-electron chi connectivity index (χ0n) is 19.2. The molecule has 37 heavy (non-hydrogen) atoms. The molecule has 2 amide bonds. The van der Waals surface area contributed by atoms with Gasteiger partial charge in [0.15, 0.2) is 17.1 Å². The quantitative estimate of drug-likeness (QED) is 0.257. The maximum atomic E-state index is 14.1. The number of rotatable bonds is 7. The van der Waals surface area contributed by atoms with Crippen molar-refractivity contribution >= 4 is 40.1 Å². The van der Waals surface area contributed by atoms with Gasteiger partial charge in [0.25, 0.3) is 11.8 Å². The van der Waals surface area contributed by atoms with Gasteiger partial charge in [-0.25, -0.2) is 9.37 Å². The molecule has 0 aliphatic rings. The molecular weight excluding hydrogens is 499 g/mol. The maximum Gasteiger partial charge on any atom is 0.257 e. The van der Waals surface area contributed by atoms with E-state index in [1.807, 2.05) is 0 Å². The normalized spacial score (nSPS) is 12.4. The highest BCUT2D eigenvalue weighted by atomic mass is 35.5. The number of carbonyl (C=O) groups is 2. The summed E-state index contributed by atoms with van der Waals surface area (Å²) in [6.45, 7) is -0.0871. The van der Waals surface area contributed by atoms with Crippen LogP contribution in [0.25, 0.3) is 11.0 Å². The summed E-state index contributed by atoms with van der Waals surface area (Å²) in [5, 5.41) is 15.4. The smallest absolute Gasteiger partial charge is 0.257 e. The zero-order chi connectivity index (χ0) is 26.5. The van der Waals surface area contributed by atoms with Gasteiger partial charge in [-0.15, -0.1) is 6.42 Å². The summed E-state index contributed by atoms with van der Waals surface area (Å²) in [4.78, 5) is 43.2. The third-order valence-corrected chi connectivity index (χ3v) is 5.80. The highest BCUT2D eigenvalue weighted by molar-refractivity contribution is 6.29. The number of aliphatic hydroxyl groups is 1. The fourth-order valence-corrected chi connectivity index (χ4v) is 3.89. The van der Waals surface area contributed by atoms with E-state index >= 15 is 0 Å². The lowest BCUT2D eigenvalue weighted by molar-refractivity contribution is -0.125. The Morgan fingerprint density at radius 1 is 1.14 bits per heavy atom. The summed E-state index contributed by atoms with van der Waals surface area (Å²) in [6.07, 6.45) is 4.87. The molecule has 0 aliphatic heterocycles. The second kappa shape index (κ2) is 11.0. The van der Waals surface area contributed by atoms with E-state index in [9.17, 15) is 23.9 Å². The van der Waals surface area contributed by atoms with Crippen molar-refractivity contribution in [3.05, 3.63) is 105 Å². The number of aromatic nitrogens is 2. The first kappa shape index (κ1) is 25.6. The van der Waals surface area contributed by atoms with E-state index < -0.39 is 40.4 Å². The summed E-state index contributed by atoms with van der Waals surface area (Å²) in [7, 11) is 0. The molecule has 0 fully saturated rings. The Bertz CT molecular complexity index is 1570. The molecule has 186 valence electrons. The summed E-state index contributed by atoms with van der Waals surface area (Å²) in [5.74, 6) is -0.243. The third-order valence-electron chi connectivity index (χ3n) is 5.54. The molecule has 0 radical (unpaired) electrons. The van der Waals surface area contributed by atoms with Crippen LogP contribution in [-0.4, -0.2) is 32.6 Å². The van der Waals surface area contributed by atoms with Crippen molar-refractivity contribution in [1.82, 2.24) is 14.9 Å². The Kier molecular flexibility index (Phi) is 7.63. The number of anilines is 1. The molecule has 0 saturated heterocycles. The molecule has 0 spiro atoms. The predicted octanol–water partition coefficient (Wildman–Crippen LogP) is 3.29. The van der Waals surface area contributed by atoms with Crippen LogP contribution in [0.2, 0.25) is 5.15 Å². The molecular formula is C27H20ClFN4O4. The van der Waals surface area contributed by atoms with Gasteiger partial charge in [0, 0.05) is 11.9 Å². The highest BCUT2D eigenvalue weighted by Crippen LogP contribution is 2.21. The lowest BCUT2D eigenvalue weighted by Crippen LogP contribution is -2.43. The maximum absolute atomic E-state index is 14.1. The lowest BCUT2D eigenvalue weighted by Gasteiger charge is -2.24. The van der Waals surface area contributed by atoms with E-state index in [4.69, 9.17) is 18.0 Å². The Labute approximate surface area is 215 Å². The van der Waals surface area contributed by atoms with Gasteiger partial charge in [0.2, 0.25) is 5.43 Å². The largest absolute Gasteiger partial charge is 0.381 e. The second-order valence-corrected chi connectivity index (χ2v) is 8.36. The Morgan fingerprint density at radius 3 is 2.43 bits per heavy atom. The molecule has 0 saturated carbocycles. The Hall–Kier alpha value is -4.52. The van der Waals surface area contributed by atoms with Crippen molar-refractivity contribution in [2.24, 2.45) is 0 Å². The van der Waals surface area contributed by atoms with Gasteiger partial charge in [0.1, 0.15) is 11.2 Å². The van der Waals surface area contributed by atoms with Crippen molar-refractivity contribution in [1.29, 1.82) is 0 Å². The van der Waals surface area contributed by atoms with Crippen LogP contribution in [-0.2, 0) is 11.3 Å². The number of nitrogens with one attached hydrogen (secondary N) is 2. The van der Waals surface area contributed by atoms with Gasteiger partial charge < -0.3 is 20.3 Å². The molecule has 2 unspecified atom stereocenters. The molecule has 10 heteroatoms. The third kappa shape index (κ3) is 5.51. The average molecular weight is 519 g/mol. The number of aliphatic hydroxyl groups excluding tert-OH is 1. The molecule has 2 aromatic heterocycles. The molecule has 8 nitrogen and oxygen atoms in total. The summed E-state index contributed by atoms with van der Waals surface area (Å²) >= 11 is 5.78. The average Bonchev–Trinajstić information content (AvgIpc) is 2.90. The minimum Gasteiger partial charge on any atom is -0.381 e. The van der Waals surface area contributed by atoms with Crippen LogP contribution in [0.5, 0.6) is 0 Å². The molecule has 3 N–H and O–H groups in total. The molecule has 4 aromatic rings. The summed E-state index contributed by atoms with van der Waals surface area (Å²) in [6, 6.07) is 16.4. The Morgan fingerprint density at radius 2 is 1.78 bits per heavy atom. The standard InChI is InChI=1S/C27H20ClFN4O4/c1-2-13-33-15-19(22(34)18-14-20(29)24(28)32-25(18)33)26(36)31-21(16-9-5-3-6-10-16)23(35)27(37)30-17-11-7-4-8-12-17/h1,3-12,14-15,21,23,35H,13H2,(H,30,37)(H,31,36). The highest BCUT2D eigenvalue weighted by Gasteiger charge is 2.30. The number of terminal acetylenes is 1. The number of fused-ring (bicyclic) bond motifs is 1. The van der Waals surface area contributed by atoms with Crippen LogP contribution in [0.3, 0.4) is 0 Å². The first-order chi connectivity index (χ1) is 17.8. The number of benzene rings is 2. The van der Waals surface area contributed by atoms with Crippen LogP contribution in [0.1, 0.15) is 22.0 Å². The number of para-hydroxylation sites is 1. The van der Waals surface area contributed by atoms with E-state index in [-0.39, 0.29) is 23.1 Å². The van der Waals surface area contributed by atoms with Crippen LogP contribution in [0.4, 0.5) is 10.1 Å². The number of halogens is 2. The zero-order valence-corrected chi connectivity index (χ0v) is 19.9. The molecule has 2 aromatic carbocycles. The van der Waals surface area contributed by atoms with Gasteiger partial charge in [-0.1, -0.05) is 66.1 Å². The van der Waals surface area contributed by atoms with Crippen molar-refractivity contribution in [2.45, 2.75) is 18.7 Å². The number of amides is 2. The van der Waals surface area contributed by atoms with Crippen molar-refractivity contribution < 1.29 is 19.1 Å². The molecule has 2 atom stereocenters. The van der Waals surface area contributed by atoms with Gasteiger partial charge in [0.05, 0.1) is 18.0 Å². The fraction of sp³-hybridized carbons (Fsp3) is 0.111. The Balaban J connectivity index is 1.72. The van der Waals surface area contributed by atoms with Crippen LogP contribution in [0, 0.1) is 18.2 Å². The van der Waals surface area contributed by atoms with E-state index in [1.54, 1.807) is 60.7 Å². The number of hydrogen-bond donors (Lipinski definition) is 3. The lowest BCUT2D eigenvalue weighted by atomic mass is 10.00. The van der Waals surface area contributed by atoms with E-state index in [0.29, 0.717) is 11.3 Å². The van der Waals surface area contributed by atoms with Crippen molar-refractivity contribution in [3.8, 4) is 12.3 Å². The SMILES string of the molecule is C#CCn1cc(C(=O)NC(c2ccccc2)C(O)C(=O)Nc2ccccc2)c(=O)c2cc(F)c(Cl)nc21. The molecule has 0 aliphatic carbocycles. The second-order valence-electron chi connectivity index (χ2n) is 8.00. The van der Waals surface area contributed by atoms with Crippen molar-refractivity contribution in [3.63, 3.8) is 0 Å². The minimum absolute atomic E-state index is 0.00721. The fourth-order valence-electron chi connectivity index (χ4n) is 3.76. The van der Waals surface area contributed by atoms with Crippen LogP contribution >= 0.6 is 11.6 Å². The van der Waals surface area contributed by atoms with Crippen LogP contribution in [0.15, 0.2) is 77.7 Å². The van der Waals surface area contributed by atoms with Gasteiger partial charge >= 0.3 is 0 Å². The molecule has 2 heterocycles. The number of hydrogen-bond acceptors (Lipinski definition) is 5. The number of nitrogens with zero attached hydrogens (tertiary/aromatic N) is 2. The summed E-state index contributed by atoms with van der Waals surface area (Å²) in [5.41, 5.74) is -0.338. The first-order valence-electron chi connectivity index (χ1n) is 11.0. The molecule has 4 rings (SSSR count). The van der Waals surface area contributed by atoms with Crippen molar-refractivity contribution in [2.75, 3.05) is 5.32 Å². The minimum atomic E-state index is -1.72. The van der Waals surface area contributed by atoms with E-state index in [0.717, 1.165) is 6.07 Å². The topological polar surface area (TPSA) is 113 Å². The van der Waals surface area contributed by atoms with Gasteiger partial charge in [-0.05, 0) is 23.8 Å². The van der Waals surface area contributed by atoms with Gasteiger partial charge in [-0.3, -0.25) is 14.4 Å². The molecule has 0 bridgehead atoms. The van der Waals surface area contributed by atoms with Gasteiger partial charge in [-0.2, -0.15) is 0 Å². The summed E-state index contributed by atoms with van der Waals surface area (Å²) < 4.78 is 15.4. The van der Waals surface area contributed by atoms with Crippen LogP contribution < -0.4 is 16.1 Å².